The van der Waals surface area contributed by atoms with Gasteiger partial charge in [-0.3, -0.25) is 0 Å². The van der Waals surface area contributed by atoms with Crippen molar-refractivity contribution in [3.05, 3.63) is 76.7 Å². The zero-order valence-corrected chi connectivity index (χ0v) is 20.8. The minimum atomic E-state index is -3.34. The highest BCUT2D eigenvalue weighted by molar-refractivity contribution is 7.90. The predicted octanol–water partition coefficient (Wildman–Crippen LogP) is 6.00. The van der Waals surface area contributed by atoms with Gasteiger partial charge in [0.15, 0.2) is 9.84 Å². The number of aromatic nitrogens is 2. The van der Waals surface area contributed by atoms with E-state index in [2.05, 4.69) is 5.10 Å². The minimum absolute atomic E-state index is 0.234. The van der Waals surface area contributed by atoms with Crippen molar-refractivity contribution in [1.29, 1.82) is 0 Å². The van der Waals surface area contributed by atoms with E-state index < -0.39 is 15.4 Å². The van der Waals surface area contributed by atoms with Crippen LogP contribution >= 0.6 is 22.9 Å². The van der Waals surface area contributed by atoms with Gasteiger partial charge in [-0.05, 0) is 62.7 Å². The van der Waals surface area contributed by atoms with E-state index in [1.54, 1.807) is 55.8 Å². The zero-order chi connectivity index (χ0) is 24.1. The number of nitrogens with zero attached hydrogens (tertiary/aromatic N) is 2. The molecule has 1 N–H and O–H groups in total. The number of hydrogen-bond donors (Lipinski definition) is 1. The molecule has 0 atom stereocenters. The Morgan fingerprint density at radius 1 is 1.09 bits per heavy atom. The first kappa shape index (κ1) is 23.6. The fraction of sp³-hybridized carbons (Fsp3) is 0.208. The maximum Gasteiger partial charge on any atom is 0.175 e. The van der Waals surface area contributed by atoms with Crippen LogP contribution in [0.2, 0.25) is 5.02 Å². The summed E-state index contributed by atoms with van der Waals surface area (Å²) in [4.78, 5) is 1.81. The van der Waals surface area contributed by atoms with Gasteiger partial charge in [-0.15, -0.1) is 11.3 Å². The SMILES string of the molecule is Cc1c(F)cccc1-n1nc(C(C)(C)O)c(Cl)c1-c1ccc(-c2cccc(S(C)(=O)=O)c2)s1. The molecule has 0 amide bonds. The van der Waals surface area contributed by atoms with E-state index in [-0.39, 0.29) is 21.4 Å². The van der Waals surface area contributed by atoms with Gasteiger partial charge in [0.25, 0.3) is 0 Å². The van der Waals surface area contributed by atoms with Crippen LogP contribution in [0.3, 0.4) is 0 Å². The molecule has 2 aromatic heterocycles. The lowest BCUT2D eigenvalue weighted by Gasteiger charge is -2.14. The second-order valence-electron chi connectivity index (χ2n) is 8.33. The maximum atomic E-state index is 14.3. The number of hydrogen-bond acceptors (Lipinski definition) is 5. The molecule has 0 bridgehead atoms. The Labute approximate surface area is 201 Å². The molecule has 0 aliphatic rings. The highest BCUT2D eigenvalue weighted by atomic mass is 35.5. The van der Waals surface area contributed by atoms with Gasteiger partial charge in [0, 0.05) is 16.7 Å². The van der Waals surface area contributed by atoms with E-state index in [0.29, 0.717) is 16.9 Å². The topological polar surface area (TPSA) is 72.2 Å². The van der Waals surface area contributed by atoms with Crippen molar-refractivity contribution >= 4 is 32.8 Å². The normalized spacial score (nSPS) is 12.3. The standard InChI is InChI=1S/C24H22ClFN2O3S2/c1-14-17(26)9-6-10-18(14)28-22(21(25)23(27-28)24(2,3)29)20-12-11-19(32-20)15-7-5-8-16(13-15)33(4,30)31/h5-13,29H,1-4H3. The van der Waals surface area contributed by atoms with Crippen molar-refractivity contribution in [3.63, 3.8) is 0 Å². The summed E-state index contributed by atoms with van der Waals surface area (Å²) in [7, 11) is -3.34. The van der Waals surface area contributed by atoms with Crippen molar-refractivity contribution in [3.8, 4) is 26.7 Å². The molecular formula is C24H22ClFN2O3S2. The summed E-state index contributed by atoms with van der Waals surface area (Å²) < 4.78 is 39.8. The molecule has 5 nitrogen and oxygen atoms in total. The largest absolute Gasteiger partial charge is 0.384 e. The first-order valence-corrected chi connectivity index (χ1v) is 13.1. The van der Waals surface area contributed by atoms with Crippen molar-refractivity contribution < 1.29 is 17.9 Å². The van der Waals surface area contributed by atoms with Crippen LogP contribution in [0.4, 0.5) is 4.39 Å². The predicted molar refractivity (Wildman–Crippen MR) is 130 cm³/mol. The van der Waals surface area contributed by atoms with Crippen LogP contribution in [0.15, 0.2) is 59.5 Å². The van der Waals surface area contributed by atoms with Crippen LogP contribution in [0.5, 0.6) is 0 Å². The Balaban J connectivity index is 1.91. The van der Waals surface area contributed by atoms with Crippen molar-refractivity contribution in [2.45, 2.75) is 31.3 Å². The van der Waals surface area contributed by atoms with Crippen LogP contribution < -0.4 is 0 Å². The molecule has 0 unspecified atom stereocenters. The highest BCUT2D eigenvalue weighted by Crippen LogP contribution is 2.42. The molecule has 0 spiro atoms. The number of rotatable bonds is 5. The maximum absolute atomic E-state index is 14.3. The van der Waals surface area contributed by atoms with E-state index in [0.717, 1.165) is 15.3 Å². The van der Waals surface area contributed by atoms with Crippen LogP contribution in [-0.2, 0) is 15.4 Å². The average Bonchev–Trinajstić information content (AvgIpc) is 3.34. The summed E-state index contributed by atoms with van der Waals surface area (Å²) in [6.45, 7) is 4.83. The lowest BCUT2D eigenvalue weighted by molar-refractivity contribution is 0.0735. The molecule has 33 heavy (non-hydrogen) atoms. The third-order valence-electron chi connectivity index (χ3n) is 5.26. The lowest BCUT2D eigenvalue weighted by Crippen LogP contribution is -2.17. The van der Waals surface area contributed by atoms with Crippen LogP contribution in [0, 0.1) is 12.7 Å². The summed E-state index contributed by atoms with van der Waals surface area (Å²) >= 11 is 8.12. The Morgan fingerprint density at radius 3 is 2.42 bits per heavy atom. The monoisotopic (exact) mass is 504 g/mol. The number of aliphatic hydroxyl groups is 1. The minimum Gasteiger partial charge on any atom is -0.384 e. The fourth-order valence-electron chi connectivity index (χ4n) is 3.50. The third-order valence-corrected chi connectivity index (χ3v) is 7.87. The molecule has 0 saturated heterocycles. The van der Waals surface area contributed by atoms with Gasteiger partial charge in [0.2, 0.25) is 0 Å². The molecule has 4 rings (SSSR count). The van der Waals surface area contributed by atoms with Gasteiger partial charge >= 0.3 is 0 Å². The molecular weight excluding hydrogens is 483 g/mol. The van der Waals surface area contributed by atoms with Gasteiger partial charge in [-0.2, -0.15) is 5.10 Å². The van der Waals surface area contributed by atoms with Crippen LogP contribution in [0.25, 0.3) is 26.7 Å². The Kier molecular flexibility index (Phi) is 5.99. The fourth-order valence-corrected chi connectivity index (χ4v) is 5.72. The van der Waals surface area contributed by atoms with Crippen LogP contribution in [0.1, 0.15) is 25.1 Å². The number of halogens is 2. The molecule has 2 aromatic carbocycles. The smallest absolute Gasteiger partial charge is 0.175 e. The van der Waals surface area contributed by atoms with E-state index >= 15 is 0 Å². The van der Waals surface area contributed by atoms with Gasteiger partial charge < -0.3 is 5.11 Å². The van der Waals surface area contributed by atoms with Gasteiger partial charge in [-0.25, -0.2) is 17.5 Å². The molecule has 2 heterocycles. The van der Waals surface area contributed by atoms with E-state index in [1.165, 1.54) is 23.7 Å². The van der Waals surface area contributed by atoms with E-state index in [9.17, 15) is 17.9 Å². The Bertz CT molecular complexity index is 1470. The van der Waals surface area contributed by atoms with E-state index in [1.807, 2.05) is 18.2 Å². The Hall–Kier alpha value is -2.52. The first-order chi connectivity index (χ1) is 15.4. The molecule has 172 valence electrons. The summed E-state index contributed by atoms with van der Waals surface area (Å²) in [5.74, 6) is -0.376. The van der Waals surface area contributed by atoms with Crippen molar-refractivity contribution in [2.75, 3.05) is 6.26 Å². The number of benzene rings is 2. The molecule has 0 aliphatic carbocycles. The van der Waals surface area contributed by atoms with Gasteiger partial charge in [0.1, 0.15) is 22.8 Å². The van der Waals surface area contributed by atoms with Crippen LogP contribution in [-0.4, -0.2) is 29.6 Å². The number of sulfone groups is 1. The third kappa shape index (κ3) is 4.48. The second-order valence-corrected chi connectivity index (χ2v) is 11.8. The zero-order valence-electron chi connectivity index (χ0n) is 18.4. The number of thiophene rings is 1. The second kappa shape index (κ2) is 8.36. The summed E-state index contributed by atoms with van der Waals surface area (Å²) in [5, 5.41) is 15.4. The summed E-state index contributed by atoms with van der Waals surface area (Å²) in [5.41, 5.74) is 1.15. The molecule has 4 aromatic rings. The van der Waals surface area contributed by atoms with Gasteiger partial charge in [-0.1, -0.05) is 29.8 Å². The van der Waals surface area contributed by atoms with Crippen molar-refractivity contribution in [2.24, 2.45) is 0 Å². The summed E-state index contributed by atoms with van der Waals surface area (Å²) in [6, 6.07) is 15.2. The Morgan fingerprint density at radius 2 is 1.76 bits per heavy atom. The molecule has 0 fully saturated rings. The van der Waals surface area contributed by atoms with Crippen molar-refractivity contribution in [1.82, 2.24) is 9.78 Å². The summed E-state index contributed by atoms with van der Waals surface area (Å²) in [6.07, 6.45) is 1.17. The van der Waals surface area contributed by atoms with Gasteiger partial charge in [0.05, 0.1) is 20.5 Å². The molecule has 0 saturated carbocycles. The molecule has 0 aliphatic heterocycles. The molecule has 0 radical (unpaired) electrons. The molecule has 9 heteroatoms. The first-order valence-electron chi connectivity index (χ1n) is 10.1. The average molecular weight is 505 g/mol. The quantitative estimate of drug-likeness (QED) is 0.362. The highest BCUT2D eigenvalue weighted by Gasteiger charge is 2.30. The van der Waals surface area contributed by atoms with E-state index in [4.69, 9.17) is 11.6 Å². The lowest BCUT2D eigenvalue weighted by atomic mass is 10.1.